The van der Waals surface area contributed by atoms with Crippen LogP contribution in [0.4, 0.5) is 0 Å². The molecule has 0 bridgehead atoms. The van der Waals surface area contributed by atoms with Crippen LogP contribution in [0.1, 0.15) is 36.5 Å². The van der Waals surface area contributed by atoms with Gasteiger partial charge in [-0.3, -0.25) is 4.79 Å². The van der Waals surface area contributed by atoms with E-state index < -0.39 is 0 Å². The van der Waals surface area contributed by atoms with E-state index in [4.69, 9.17) is 4.99 Å². The Bertz CT molecular complexity index is 810. The average molecular weight is 506 g/mol. The maximum Gasteiger partial charge on any atom is 0.222 e. The average Bonchev–Trinajstić information content (AvgIpc) is 3.11. The quantitative estimate of drug-likeness (QED) is 0.351. The summed E-state index contributed by atoms with van der Waals surface area (Å²) >= 11 is 0. The lowest BCUT2D eigenvalue weighted by Crippen LogP contribution is -2.38. The minimum absolute atomic E-state index is 0. The maximum absolute atomic E-state index is 12.0. The second kappa shape index (κ2) is 11.8. The number of benzene rings is 2. The zero-order chi connectivity index (χ0) is 19.8. The van der Waals surface area contributed by atoms with Crippen LogP contribution in [0, 0.1) is 0 Å². The van der Waals surface area contributed by atoms with Gasteiger partial charge in [0.2, 0.25) is 5.91 Å². The number of nitrogens with zero attached hydrogens (tertiary/aromatic N) is 3. The minimum Gasteiger partial charge on any atom is -0.357 e. The van der Waals surface area contributed by atoms with Crippen molar-refractivity contribution in [3.8, 4) is 0 Å². The highest BCUT2D eigenvalue weighted by Crippen LogP contribution is 2.18. The Labute approximate surface area is 191 Å². The van der Waals surface area contributed by atoms with Crippen molar-refractivity contribution in [2.45, 2.75) is 39.4 Å². The molecule has 0 aliphatic carbocycles. The fraction of sp³-hybridized carbons (Fsp3) is 0.391. The van der Waals surface area contributed by atoms with E-state index in [0.717, 1.165) is 32.0 Å². The highest BCUT2D eigenvalue weighted by atomic mass is 127. The highest BCUT2D eigenvalue weighted by molar-refractivity contribution is 14.0. The Morgan fingerprint density at radius 2 is 1.79 bits per heavy atom. The van der Waals surface area contributed by atoms with Crippen molar-refractivity contribution in [3.63, 3.8) is 0 Å². The first-order chi connectivity index (χ1) is 13.7. The van der Waals surface area contributed by atoms with Gasteiger partial charge in [0, 0.05) is 39.6 Å². The van der Waals surface area contributed by atoms with Crippen molar-refractivity contribution < 1.29 is 4.79 Å². The van der Waals surface area contributed by atoms with Crippen LogP contribution in [0.2, 0.25) is 0 Å². The van der Waals surface area contributed by atoms with Crippen molar-refractivity contribution in [2.24, 2.45) is 4.99 Å². The Kier molecular flexibility index (Phi) is 9.44. The predicted molar refractivity (Wildman–Crippen MR) is 129 cm³/mol. The van der Waals surface area contributed by atoms with Crippen LogP contribution in [-0.2, 0) is 24.4 Å². The first kappa shape index (κ1) is 23.2. The van der Waals surface area contributed by atoms with Crippen LogP contribution in [0.15, 0.2) is 59.6 Å². The van der Waals surface area contributed by atoms with Gasteiger partial charge in [-0.2, -0.15) is 0 Å². The summed E-state index contributed by atoms with van der Waals surface area (Å²) in [6, 6.07) is 18.7. The second-order valence-electron chi connectivity index (χ2n) is 7.20. The molecule has 0 aromatic heterocycles. The molecule has 1 N–H and O–H groups in total. The number of carbonyl (C=O) groups excluding carboxylic acids is 1. The molecule has 2 aromatic carbocycles. The Morgan fingerprint density at radius 3 is 2.45 bits per heavy atom. The third kappa shape index (κ3) is 6.73. The number of halogens is 1. The van der Waals surface area contributed by atoms with Crippen molar-refractivity contribution in [3.05, 3.63) is 71.3 Å². The van der Waals surface area contributed by atoms with E-state index in [2.05, 4.69) is 60.6 Å². The predicted octanol–water partition coefficient (Wildman–Crippen LogP) is 4.02. The number of hydrogen-bond acceptors (Lipinski definition) is 2. The standard InChI is InChI=1S/C23H30N4O.HI/c1-3-24-23(26(2)17-19-10-5-4-6-11-19)25-16-20-12-7-8-13-21(20)18-27-15-9-14-22(27)28;/h4-8,10-13H,3,9,14-18H2,1-2H3,(H,24,25);1H. The molecule has 1 aliphatic heterocycles. The van der Waals surface area contributed by atoms with Crippen LogP contribution >= 0.6 is 24.0 Å². The van der Waals surface area contributed by atoms with E-state index in [1.54, 1.807) is 0 Å². The van der Waals surface area contributed by atoms with Crippen molar-refractivity contribution in [2.75, 3.05) is 20.1 Å². The second-order valence-corrected chi connectivity index (χ2v) is 7.20. The van der Waals surface area contributed by atoms with Gasteiger partial charge in [0.05, 0.1) is 6.54 Å². The molecule has 0 unspecified atom stereocenters. The number of likely N-dealkylation sites (tertiary alicyclic amines) is 1. The van der Waals surface area contributed by atoms with Crippen LogP contribution in [0.5, 0.6) is 0 Å². The molecule has 1 heterocycles. The molecule has 3 rings (SSSR count). The minimum atomic E-state index is 0. The summed E-state index contributed by atoms with van der Waals surface area (Å²) in [7, 11) is 2.06. The van der Waals surface area contributed by atoms with Gasteiger partial charge in [0.25, 0.3) is 0 Å². The van der Waals surface area contributed by atoms with Gasteiger partial charge in [0.1, 0.15) is 0 Å². The maximum atomic E-state index is 12.0. The molecule has 1 amide bonds. The summed E-state index contributed by atoms with van der Waals surface area (Å²) in [5, 5.41) is 3.38. The SMILES string of the molecule is CCNC(=NCc1ccccc1CN1CCCC1=O)N(C)Cc1ccccc1.I. The van der Waals surface area contributed by atoms with Crippen molar-refractivity contribution >= 4 is 35.8 Å². The van der Waals surface area contributed by atoms with E-state index in [9.17, 15) is 4.79 Å². The molecule has 1 fully saturated rings. The first-order valence-corrected chi connectivity index (χ1v) is 10.0. The zero-order valence-electron chi connectivity index (χ0n) is 17.3. The largest absolute Gasteiger partial charge is 0.357 e. The molecule has 2 aromatic rings. The highest BCUT2D eigenvalue weighted by Gasteiger charge is 2.20. The number of carbonyl (C=O) groups is 1. The summed E-state index contributed by atoms with van der Waals surface area (Å²) in [6.07, 6.45) is 1.64. The monoisotopic (exact) mass is 506 g/mol. The van der Waals surface area contributed by atoms with Gasteiger partial charge in [-0.25, -0.2) is 4.99 Å². The van der Waals surface area contributed by atoms with E-state index >= 15 is 0 Å². The molecular weight excluding hydrogens is 475 g/mol. The summed E-state index contributed by atoms with van der Waals surface area (Å²) in [4.78, 5) is 20.9. The van der Waals surface area contributed by atoms with E-state index in [-0.39, 0.29) is 29.9 Å². The zero-order valence-corrected chi connectivity index (χ0v) is 19.6. The number of hydrogen-bond donors (Lipinski definition) is 1. The van der Waals surface area contributed by atoms with Crippen LogP contribution < -0.4 is 5.32 Å². The lowest BCUT2D eigenvalue weighted by Gasteiger charge is -2.22. The molecular formula is C23H31IN4O. The fourth-order valence-electron chi connectivity index (χ4n) is 3.50. The molecule has 156 valence electrons. The molecule has 0 atom stereocenters. The number of nitrogens with one attached hydrogen (secondary N) is 1. The topological polar surface area (TPSA) is 47.9 Å². The Morgan fingerprint density at radius 1 is 1.10 bits per heavy atom. The van der Waals surface area contributed by atoms with Gasteiger partial charge in [-0.05, 0) is 30.0 Å². The first-order valence-electron chi connectivity index (χ1n) is 10.0. The normalized spacial score (nSPS) is 13.9. The van der Waals surface area contributed by atoms with Crippen LogP contribution in [0.25, 0.3) is 0 Å². The molecule has 0 saturated carbocycles. The summed E-state index contributed by atoms with van der Waals surface area (Å²) in [5.41, 5.74) is 3.61. The lowest BCUT2D eigenvalue weighted by molar-refractivity contribution is -0.128. The third-order valence-electron chi connectivity index (χ3n) is 5.01. The summed E-state index contributed by atoms with van der Waals surface area (Å²) in [5.74, 6) is 1.15. The summed E-state index contributed by atoms with van der Waals surface area (Å²) < 4.78 is 0. The lowest BCUT2D eigenvalue weighted by atomic mass is 10.1. The summed E-state index contributed by atoms with van der Waals surface area (Å²) in [6.45, 7) is 5.84. The molecule has 5 nitrogen and oxygen atoms in total. The van der Waals surface area contributed by atoms with Crippen LogP contribution in [0.3, 0.4) is 0 Å². The number of aliphatic imine (C=N–C) groups is 1. The molecule has 29 heavy (non-hydrogen) atoms. The molecule has 1 saturated heterocycles. The van der Waals surface area contributed by atoms with Gasteiger partial charge in [0.15, 0.2) is 5.96 Å². The van der Waals surface area contributed by atoms with E-state index in [1.807, 2.05) is 23.1 Å². The Hall–Kier alpha value is -2.09. The Balaban J connectivity index is 0.00000300. The van der Waals surface area contributed by atoms with Crippen molar-refractivity contribution in [1.82, 2.24) is 15.1 Å². The smallest absolute Gasteiger partial charge is 0.222 e. The fourth-order valence-corrected chi connectivity index (χ4v) is 3.50. The third-order valence-corrected chi connectivity index (χ3v) is 5.01. The molecule has 1 aliphatic rings. The molecule has 6 heteroatoms. The number of guanidine groups is 1. The van der Waals surface area contributed by atoms with Gasteiger partial charge in [-0.1, -0.05) is 54.6 Å². The van der Waals surface area contributed by atoms with Gasteiger partial charge in [-0.15, -0.1) is 24.0 Å². The van der Waals surface area contributed by atoms with Crippen molar-refractivity contribution in [1.29, 1.82) is 0 Å². The molecule has 0 radical (unpaired) electrons. The van der Waals surface area contributed by atoms with Crippen LogP contribution in [-0.4, -0.2) is 41.8 Å². The van der Waals surface area contributed by atoms with E-state index in [1.165, 1.54) is 16.7 Å². The van der Waals surface area contributed by atoms with Gasteiger partial charge < -0.3 is 15.1 Å². The van der Waals surface area contributed by atoms with E-state index in [0.29, 0.717) is 19.5 Å². The number of rotatable bonds is 7. The molecule has 0 spiro atoms. The number of amides is 1. The van der Waals surface area contributed by atoms with Gasteiger partial charge >= 0.3 is 0 Å².